The van der Waals surface area contributed by atoms with Crippen molar-refractivity contribution in [3.63, 3.8) is 0 Å². The fourth-order valence-electron chi connectivity index (χ4n) is 1.86. The summed E-state index contributed by atoms with van der Waals surface area (Å²) >= 11 is 5.60. The SMILES string of the molecule is Cc1cnc2nc(-c3cccc(NCl)c3)cn2c1. The van der Waals surface area contributed by atoms with E-state index in [4.69, 9.17) is 11.8 Å². The molecule has 1 N–H and O–H groups in total. The van der Waals surface area contributed by atoms with Crippen molar-refractivity contribution in [2.45, 2.75) is 6.92 Å². The van der Waals surface area contributed by atoms with E-state index < -0.39 is 0 Å². The van der Waals surface area contributed by atoms with Crippen LogP contribution in [-0.4, -0.2) is 14.4 Å². The molecular formula is C13H11ClN4. The van der Waals surface area contributed by atoms with Crippen LogP contribution in [0, 0.1) is 6.92 Å². The molecular weight excluding hydrogens is 248 g/mol. The summed E-state index contributed by atoms with van der Waals surface area (Å²) < 4.78 is 1.92. The van der Waals surface area contributed by atoms with Crippen molar-refractivity contribution in [1.29, 1.82) is 0 Å². The van der Waals surface area contributed by atoms with Crippen LogP contribution < -0.4 is 4.84 Å². The number of hydrogen-bond acceptors (Lipinski definition) is 3. The number of nitrogens with zero attached hydrogens (tertiary/aromatic N) is 3. The number of benzene rings is 1. The summed E-state index contributed by atoms with van der Waals surface area (Å²) in [5.41, 5.74) is 3.82. The van der Waals surface area contributed by atoms with E-state index in [0.717, 1.165) is 22.5 Å². The quantitative estimate of drug-likeness (QED) is 0.718. The fraction of sp³-hybridized carbons (Fsp3) is 0.0769. The molecule has 2 heterocycles. The zero-order valence-corrected chi connectivity index (χ0v) is 10.5. The minimum absolute atomic E-state index is 0.694. The molecule has 18 heavy (non-hydrogen) atoms. The summed E-state index contributed by atoms with van der Waals surface area (Å²) in [6.07, 6.45) is 5.77. The van der Waals surface area contributed by atoms with Gasteiger partial charge in [0.15, 0.2) is 0 Å². The molecule has 0 aliphatic carbocycles. The maximum absolute atomic E-state index is 5.60. The van der Waals surface area contributed by atoms with Gasteiger partial charge in [-0.25, -0.2) is 9.97 Å². The van der Waals surface area contributed by atoms with Crippen LogP contribution in [0.3, 0.4) is 0 Å². The third kappa shape index (κ3) is 1.91. The van der Waals surface area contributed by atoms with Crippen LogP contribution in [0.5, 0.6) is 0 Å². The van der Waals surface area contributed by atoms with E-state index in [1.54, 1.807) is 0 Å². The number of anilines is 1. The average molecular weight is 259 g/mol. The van der Waals surface area contributed by atoms with E-state index in [-0.39, 0.29) is 0 Å². The summed E-state index contributed by atoms with van der Waals surface area (Å²) in [5, 5.41) is 0. The number of imidazole rings is 1. The smallest absolute Gasteiger partial charge is 0.234 e. The van der Waals surface area contributed by atoms with Gasteiger partial charge in [0, 0.05) is 41.6 Å². The average Bonchev–Trinajstić information content (AvgIpc) is 2.81. The first-order chi connectivity index (χ1) is 8.76. The second-order valence-corrected chi connectivity index (χ2v) is 4.33. The van der Waals surface area contributed by atoms with Crippen molar-refractivity contribution in [2.75, 3.05) is 4.84 Å². The second-order valence-electron chi connectivity index (χ2n) is 4.14. The highest BCUT2D eigenvalue weighted by molar-refractivity contribution is 6.24. The first-order valence-corrected chi connectivity index (χ1v) is 5.92. The Morgan fingerprint density at radius 1 is 1.28 bits per heavy atom. The molecule has 0 aliphatic rings. The van der Waals surface area contributed by atoms with Gasteiger partial charge in [-0.15, -0.1) is 0 Å². The molecule has 0 amide bonds. The summed E-state index contributed by atoms with van der Waals surface area (Å²) in [5.74, 6) is 0.694. The molecule has 0 saturated carbocycles. The monoisotopic (exact) mass is 258 g/mol. The van der Waals surface area contributed by atoms with Gasteiger partial charge in [-0.05, 0) is 24.6 Å². The highest BCUT2D eigenvalue weighted by Crippen LogP contribution is 2.22. The van der Waals surface area contributed by atoms with Crippen LogP contribution in [0.1, 0.15) is 5.56 Å². The molecule has 4 nitrogen and oxygen atoms in total. The minimum atomic E-state index is 0.694. The molecule has 90 valence electrons. The summed E-state index contributed by atoms with van der Waals surface area (Å²) in [6.45, 7) is 2.00. The molecule has 0 spiro atoms. The molecule has 0 bridgehead atoms. The lowest BCUT2D eigenvalue weighted by Gasteiger charge is -1.99. The molecule has 0 radical (unpaired) electrons. The maximum atomic E-state index is 5.60. The standard InChI is InChI=1S/C13H11ClN4/c1-9-6-15-13-16-12(8-18(13)7-9)10-3-2-4-11(5-10)17-14/h2-8,17H,1H3. The van der Waals surface area contributed by atoms with Gasteiger partial charge in [0.1, 0.15) is 0 Å². The van der Waals surface area contributed by atoms with Crippen molar-refractivity contribution >= 4 is 23.2 Å². The molecule has 0 fully saturated rings. The third-order valence-electron chi connectivity index (χ3n) is 2.71. The number of rotatable bonds is 2. The van der Waals surface area contributed by atoms with Gasteiger partial charge in [-0.3, -0.25) is 9.24 Å². The number of nitrogens with one attached hydrogen (secondary N) is 1. The first kappa shape index (κ1) is 11.0. The highest BCUT2D eigenvalue weighted by Gasteiger charge is 2.05. The Kier molecular flexibility index (Phi) is 2.64. The highest BCUT2D eigenvalue weighted by atomic mass is 35.5. The zero-order chi connectivity index (χ0) is 12.5. The molecule has 1 aromatic carbocycles. The van der Waals surface area contributed by atoms with Crippen molar-refractivity contribution in [3.05, 3.63) is 48.4 Å². The van der Waals surface area contributed by atoms with Crippen LogP contribution in [-0.2, 0) is 0 Å². The number of hydrogen-bond donors (Lipinski definition) is 1. The molecule has 0 saturated heterocycles. The predicted octanol–water partition coefficient (Wildman–Crippen LogP) is 3.27. The van der Waals surface area contributed by atoms with E-state index in [2.05, 4.69) is 14.8 Å². The van der Waals surface area contributed by atoms with Crippen molar-refractivity contribution < 1.29 is 0 Å². The zero-order valence-electron chi connectivity index (χ0n) is 9.76. The summed E-state index contributed by atoms with van der Waals surface area (Å²) in [4.78, 5) is 11.4. The van der Waals surface area contributed by atoms with Crippen LogP contribution in [0.4, 0.5) is 5.69 Å². The Morgan fingerprint density at radius 3 is 3.00 bits per heavy atom. The molecule has 3 rings (SSSR count). The van der Waals surface area contributed by atoms with Crippen molar-refractivity contribution in [2.24, 2.45) is 0 Å². The van der Waals surface area contributed by atoms with Crippen LogP contribution in [0.25, 0.3) is 17.0 Å². The number of aromatic nitrogens is 3. The molecule has 3 aromatic rings. The Hall–Kier alpha value is -2.07. The van der Waals surface area contributed by atoms with Crippen LogP contribution >= 0.6 is 11.8 Å². The Labute approximate surface area is 109 Å². The number of aryl methyl sites for hydroxylation is 1. The molecule has 0 unspecified atom stereocenters. The van der Waals surface area contributed by atoms with E-state index in [9.17, 15) is 0 Å². The molecule has 0 atom stereocenters. The lowest BCUT2D eigenvalue weighted by molar-refractivity contribution is 1.08. The lowest BCUT2D eigenvalue weighted by atomic mass is 10.1. The van der Waals surface area contributed by atoms with E-state index in [0.29, 0.717) is 5.78 Å². The van der Waals surface area contributed by atoms with E-state index >= 15 is 0 Å². The van der Waals surface area contributed by atoms with E-state index in [1.165, 1.54) is 0 Å². The van der Waals surface area contributed by atoms with E-state index in [1.807, 2.05) is 54.2 Å². The van der Waals surface area contributed by atoms with Gasteiger partial charge < -0.3 is 0 Å². The second kappa shape index (κ2) is 4.31. The minimum Gasteiger partial charge on any atom is -0.298 e. The number of fused-ring (bicyclic) bond motifs is 1. The summed E-state index contributed by atoms with van der Waals surface area (Å²) in [6, 6.07) is 7.77. The number of halogens is 1. The largest absolute Gasteiger partial charge is 0.298 e. The Bertz CT molecular complexity index is 705. The van der Waals surface area contributed by atoms with Gasteiger partial charge in [0.05, 0.1) is 5.69 Å². The van der Waals surface area contributed by atoms with Gasteiger partial charge in [0.25, 0.3) is 0 Å². The van der Waals surface area contributed by atoms with Gasteiger partial charge in [-0.2, -0.15) is 0 Å². The molecule has 5 heteroatoms. The normalized spacial score (nSPS) is 10.8. The van der Waals surface area contributed by atoms with Crippen molar-refractivity contribution in [1.82, 2.24) is 14.4 Å². The van der Waals surface area contributed by atoms with Gasteiger partial charge in [-0.1, -0.05) is 12.1 Å². The summed E-state index contributed by atoms with van der Waals surface area (Å²) in [7, 11) is 0. The third-order valence-corrected chi connectivity index (χ3v) is 2.92. The first-order valence-electron chi connectivity index (χ1n) is 5.55. The Morgan fingerprint density at radius 2 is 2.17 bits per heavy atom. The topological polar surface area (TPSA) is 42.2 Å². The molecule has 2 aromatic heterocycles. The van der Waals surface area contributed by atoms with Crippen LogP contribution in [0.15, 0.2) is 42.9 Å². The lowest BCUT2D eigenvalue weighted by Crippen LogP contribution is -1.87. The maximum Gasteiger partial charge on any atom is 0.234 e. The van der Waals surface area contributed by atoms with Gasteiger partial charge >= 0.3 is 0 Å². The predicted molar refractivity (Wildman–Crippen MR) is 72.6 cm³/mol. The van der Waals surface area contributed by atoms with Gasteiger partial charge in [0.2, 0.25) is 5.78 Å². The van der Waals surface area contributed by atoms with Crippen LogP contribution in [0.2, 0.25) is 0 Å². The van der Waals surface area contributed by atoms with Crippen molar-refractivity contribution in [3.8, 4) is 11.3 Å². The Balaban J connectivity index is 2.13. The fourth-order valence-corrected chi connectivity index (χ4v) is 1.98. The molecule has 0 aliphatic heterocycles.